The van der Waals surface area contributed by atoms with Gasteiger partial charge in [0.05, 0.1) is 30.6 Å². The van der Waals surface area contributed by atoms with E-state index in [1.807, 2.05) is 85.8 Å². The van der Waals surface area contributed by atoms with Gasteiger partial charge in [-0.3, -0.25) is 14.6 Å². The lowest BCUT2D eigenvalue weighted by molar-refractivity contribution is -0.136. The zero-order chi connectivity index (χ0) is 29.5. The summed E-state index contributed by atoms with van der Waals surface area (Å²) in [5.74, 6) is 1.31. The number of benzene rings is 4. The van der Waals surface area contributed by atoms with E-state index >= 15 is 0 Å². The van der Waals surface area contributed by atoms with Crippen molar-refractivity contribution in [1.82, 2.24) is 9.55 Å². The number of pyridine rings is 2. The Hall–Kier alpha value is -5.43. The third-order valence-electron chi connectivity index (χ3n) is 8.04. The minimum Gasteiger partial charge on any atom is -0.493 e. The van der Waals surface area contributed by atoms with Crippen LogP contribution in [-0.4, -0.2) is 27.2 Å². The molecule has 212 valence electrons. The lowest BCUT2D eigenvalue weighted by Gasteiger charge is -2.22. The smallest absolute Gasteiger partial charge is 0.307 e. The Morgan fingerprint density at radius 3 is 2.56 bits per heavy atom. The molecular formula is C36H28N2O5. The van der Waals surface area contributed by atoms with Crippen LogP contribution in [0.5, 0.6) is 17.2 Å². The summed E-state index contributed by atoms with van der Waals surface area (Å²) in [5.41, 5.74) is 6.54. The molecule has 7 rings (SSSR count). The third-order valence-corrected chi connectivity index (χ3v) is 8.04. The highest BCUT2D eigenvalue weighted by molar-refractivity contribution is 6.08. The predicted molar refractivity (Wildman–Crippen MR) is 166 cm³/mol. The van der Waals surface area contributed by atoms with Crippen LogP contribution in [0.3, 0.4) is 0 Å². The zero-order valence-electron chi connectivity index (χ0n) is 23.5. The number of carbonyl (C=O) groups is 1. The molecule has 0 radical (unpaired) electrons. The van der Waals surface area contributed by atoms with E-state index in [0.717, 1.165) is 67.5 Å². The van der Waals surface area contributed by atoms with Crippen molar-refractivity contribution < 1.29 is 19.4 Å². The fourth-order valence-electron chi connectivity index (χ4n) is 6.04. The number of carboxylic acid groups (broad SMARTS) is 1. The predicted octanol–water partition coefficient (Wildman–Crippen LogP) is 6.93. The van der Waals surface area contributed by atoms with Crippen molar-refractivity contribution in [2.45, 2.75) is 26.3 Å². The molecule has 1 aliphatic heterocycles. The lowest BCUT2D eigenvalue weighted by atomic mass is 9.87. The monoisotopic (exact) mass is 568 g/mol. The van der Waals surface area contributed by atoms with Gasteiger partial charge in [-0.25, -0.2) is 0 Å². The van der Waals surface area contributed by atoms with Crippen molar-refractivity contribution >= 4 is 27.8 Å². The number of fused-ring (bicyclic) bond motifs is 1. The number of nitrogens with zero attached hydrogens (tertiary/aromatic N) is 2. The number of aliphatic carboxylic acids is 1. The van der Waals surface area contributed by atoms with Crippen molar-refractivity contribution in [1.29, 1.82) is 0 Å². The molecule has 0 aliphatic carbocycles. The van der Waals surface area contributed by atoms with E-state index < -0.39 is 5.97 Å². The van der Waals surface area contributed by atoms with E-state index in [0.29, 0.717) is 24.5 Å². The summed E-state index contributed by atoms with van der Waals surface area (Å²) in [6.45, 7) is 2.85. The van der Waals surface area contributed by atoms with E-state index in [-0.39, 0.29) is 12.0 Å². The molecule has 7 nitrogen and oxygen atoms in total. The van der Waals surface area contributed by atoms with Crippen molar-refractivity contribution in [3.05, 3.63) is 130 Å². The number of ether oxygens (including phenoxy) is 2. The molecule has 0 unspecified atom stereocenters. The molecule has 1 N–H and O–H groups in total. The van der Waals surface area contributed by atoms with Crippen LogP contribution < -0.4 is 15.0 Å². The van der Waals surface area contributed by atoms with Gasteiger partial charge >= 0.3 is 5.97 Å². The van der Waals surface area contributed by atoms with E-state index in [1.54, 1.807) is 22.9 Å². The second-order valence-electron chi connectivity index (χ2n) is 10.8. The number of hydrogen-bond donors (Lipinski definition) is 1. The Morgan fingerprint density at radius 2 is 1.77 bits per heavy atom. The number of aryl methyl sites for hydroxylation is 1. The van der Waals surface area contributed by atoms with Crippen LogP contribution in [0, 0.1) is 6.92 Å². The number of carboxylic acids is 1. The van der Waals surface area contributed by atoms with Gasteiger partial charge in [0.15, 0.2) is 0 Å². The van der Waals surface area contributed by atoms with Gasteiger partial charge in [-0.2, -0.15) is 0 Å². The zero-order valence-corrected chi connectivity index (χ0v) is 23.5. The van der Waals surface area contributed by atoms with Crippen LogP contribution >= 0.6 is 0 Å². The maximum atomic E-state index is 13.3. The van der Waals surface area contributed by atoms with Gasteiger partial charge in [0.25, 0.3) is 5.56 Å². The topological polar surface area (TPSA) is 90.7 Å². The SMILES string of the molecule is Cc1cc2c(ccc(=O)n2Cc2ccc(Oc3ccccc3)cc2)c(-c2ccc3c4c(ccnc24)CCO3)c1CC(=O)O. The molecular weight excluding hydrogens is 540 g/mol. The second kappa shape index (κ2) is 10.8. The molecule has 7 heteroatoms. The van der Waals surface area contributed by atoms with E-state index in [4.69, 9.17) is 14.5 Å². The minimum absolute atomic E-state index is 0.142. The molecule has 0 saturated carbocycles. The van der Waals surface area contributed by atoms with Crippen molar-refractivity contribution in [2.24, 2.45) is 0 Å². The van der Waals surface area contributed by atoms with Gasteiger partial charge in [0.2, 0.25) is 0 Å². The number of hydrogen-bond acceptors (Lipinski definition) is 5. The fraction of sp³-hybridized carbons (Fsp3) is 0.139. The molecule has 0 amide bonds. The average Bonchev–Trinajstić information content (AvgIpc) is 3.01. The largest absolute Gasteiger partial charge is 0.493 e. The van der Waals surface area contributed by atoms with Crippen molar-refractivity contribution in [3.8, 4) is 28.4 Å². The van der Waals surface area contributed by atoms with Gasteiger partial charge in [-0.05, 0) is 89.3 Å². The molecule has 3 heterocycles. The summed E-state index contributed by atoms with van der Waals surface area (Å²) in [6.07, 6.45) is 2.42. The van der Waals surface area contributed by atoms with Crippen LogP contribution in [0.1, 0.15) is 22.3 Å². The standard InChI is InChI=1S/C36H28N2O5/c1-22-19-30-27(12-14-32(39)38(30)21-23-7-9-26(10-8-23)43-25-5-3-2-4-6-25)35(29(22)20-33(40)41)28-11-13-31-34-24(16-18-42-31)15-17-37-36(28)34/h2-15,17,19H,16,18,20-21H2,1H3,(H,40,41). The van der Waals surface area contributed by atoms with E-state index in [2.05, 4.69) is 0 Å². The fourth-order valence-corrected chi connectivity index (χ4v) is 6.04. The molecule has 0 atom stereocenters. The van der Waals surface area contributed by atoms with Crippen LogP contribution in [0.2, 0.25) is 0 Å². The van der Waals surface area contributed by atoms with Gasteiger partial charge in [0, 0.05) is 35.0 Å². The second-order valence-corrected chi connectivity index (χ2v) is 10.8. The van der Waals surface area contributed by atoms with E-state index in [9.17, 15) is 14.7 Å². The normalized spacial score (nSPS) is 12.3. The van der Waals surface area contributed by atoms with Crippen LogP contribution in [0.4, 0.5) is 0 Å². The average molecular weight is 569 g/mol. The third kappa shape index (κ3) is 4.89. The summed E-state index contributed by atoms with van der Waals surface area (Å²) in [6, 6.07) is 28.5. The number of rotatable bonds is 7. The van der Waals surface area contributed by atoms with Crippen LogP contribution in [-0.2, 0) is 24.2 Å². The van der Waals surface area contributed by atoms with Gasteiger partial charge in [0.1, 0.15) is 17.2 Å². The summed E-state index contributed by atoms with van der Waals surface area (Å²) in [4.78, 5) is 30.2. The summed E-state index contributed by atoms with van der Waals surface area (Å²) >= 11 is 0. The molecule has 0 bridgehead atoms. The highest BCUT2D eigenvalue weighted by atomic mass is 16.5. The quantitative estimate of drug-likeness (QED) is 0.225. The first-order chi connectivity index (χ1) is 21.0. The van der Waals surface area contributed by atoms with Gasteiger partial charge < -0.3 is 19.1 Å². The summed E-state index contributed by atoms with van der Waals surface area (Å²) in [5, 5.41) is 11.6. The Labute approximate surface area is 247 Å². The molecule has 1 aliphatic rings. The Balaban J connectivity index is 1.38. The van der Waals surface area contributed by atoms with Crippen LogP contribution in [0.25, 0.3) is 32.9 Å². The van der Waals surface area contributed by atoms with E-state index in [1.165, 1.54) is 0 Å². The highest BCUT2D eigenvalue weighted by Gasteiger charge is 2.23. The molecule has 2 aromatic heterocycles. The first kappa shape index (κ1) is 26.5. The molecule has 0 spiro atoms. The first-order valence-electron chi connectivity index (χ1n) is 14.2. The molecule has 0 saturated heterocycles. The first-order valence-corrected chi connectivity index (χ1v) is 14.2. The van der Waals surface area contributed by atoms with Crippen molar-refractivity contribution in [3.63, 3.8) is 0 Å². The highest BCUT2D eigenvalue weighted by Crippen LogP contribution is 2.42. The van der Waals surface area contributed by atoms with Gasteiger partial charge in [-0.1, -0.05) is 30.3 Å². The molecule has 4 aromatic carbocycles. The van der Waals surface area contributed by atoms with Crippen molar-refractivity contribution in [2.75, 3.05) is 6.61 Å². The number of para-hydroxylation sites is 1. The Morgan fingerprint density at radius 1 is 0.977 bits per heavy atom. The molecule has 43 heavy (non-hydrogen) atoms. The molecule has 6 aromatic rings. The maximum Gasteiger partial charge on any atom is 0.307 e. The maximum absolute atomic E-state index is 13.3. The summed E-state index contributed by atoms with van der Waals surface area (Å²) < 4.78 is 13.6. The van der Waals surface area contributed by atoms with Crippen LogP contribution in [0.15, 0.2) is 102 Å². The Bertz CT molecular complexity index is 2070. The Kier molecular flexibility index (Phi) is 6.62. The van der Waals surface area contributed by atoms with Gasteiger partial charge in [-0.15, -0.1) is 0 Å². The molecule has 0 fully saturated rings. The lowest BCUT2D eigenvalue weighted by Crippen LogP contribution is -2.20. The summed E-state index contributed by atoms with van der Waals surface area (Å²) in [7, 11) is 0. The number of aromatic nitrogens is 2. The minimum atomic E-state index is -0.922.